The third-order valence-corrected chi connectivity index (χ3v) is 1.04. The Morgan fingerprint density at radius 1 is 1.21 bits per heavy atom. The summed E-state index contributed by atoms with van der Waals surface area (Å²) >= 11 is 0. The van der Waals surface area contributed by atoms with Crippen molar-refractivity contribution in [3.05, 3.63) is 0 Å². The number of nitrogens with two attached hydrogens (primary N) is 2. The van der Waals surface area contributed by atoms with Gasteiger partial charge in [0.1, 0.15) is 12.2 Å². The van der Waals surface area contributed by atoms with Gasteiger partial charge in [-0.2, -0.15) is 0 Å². The Bertz CT molecular complexity index is 146. The van der Waals surface area contributed by atoms with Gasteiger partial charge >= 0.3 is 5.97 Å². The SMILES string of the molecule is CC(=O)CC(=O)O.NCCNCCN. The molecule has 6 N–H and O–H groups in total. The average molecular weight is 205 g/mol. The first-order chi connectivity index (χ1) is 6.54. The van der Waals surface area contributed by atoms with Gasteiger partial charge in [-0.05, 0) is 6.92 Å². The zero-order chi connectivity index (χ0) is 11.4. The van der Waals surface area contributed by atoms with Crippen LogP contribution < -0.4 is 16.8 Å². The molecule has 0 aliphatic carbocycles. The van der Waals surface area contributed by atoms with Crippen LogP contribution in [0.4, 0.5) is 0 Å². The van der Waals surface area contributed by atoms with E-state index in [9.17, 15) is 9.59 Å². The third kappa shape index (κ3) is 22.5. The van der Waals surface area contributed by atoms with Gasteiger partial charge in [0.25, 0.3) is 0 Å². The fourth-order valence-electron chi connectivity index (χ4n) is 0.542. The highest BCUT2D eigenvalue weighted by molar-refractivity contribution is 5.93. The van der Waals surface area contributed by atoms with Crippen LogP contribution in [0.3, 0.4) is 0 Å². The Kier molecular flexibility index (Phi) is 13.3. The molecule has 0 heterocycles. The minimum atomic E-state index is -1.06. The molecule has 0 aliphatic heterocycles. The molecule has 0 saturated carbocycles. The van der Waals surface area contributed by atoms with E-state index >= 15 is 0 Å². The smallest absolute Gasteiger partial charge is 0.310 e. The second-order valence-electron chi connectivity index (χ2n) is 2.60. The normalized spacial score (nSPS) is 8.79. The van der Waals surface area contributed by atoms with Crippen molar-refractivity contribution in [2.75, 3.05) is 26.2 Å². The first kappa shape index (κ1) is 15.5. The van der Waals surface area contributed by atoms with E-state index in [0.717, 1.165) is 13.1 Å². The second kappa shape index (κ2) is 12.0. The topological polar surface area (TPSA) is 118 Å². The number of rotatable bonds is 6. The van der Waals surface area contributed by atoms with Crippen molar-refractivity contribution in [2.45, 2.75) is 13.3 Å². The molecule has 0 aliphatic rings. The molecule has 0 rings (SSSR count). The van der Waals surface area contributed by atoms with Crippen molar-refractivity contribution < 1.29 is 14.7 Å². The maximum atomic E-state index is 9.87. The largest absolute Gasteiger partial charge is 0.481 e. The van der Waals surface area contributed by atoms with Crippen LogP contribution in [0.5, 0.6) is 0 Å². The number of carboxylic acids is 1. The van der Waals surface area contributed by atoms with Gasteiger partial charge in [0.15, 0.2) is 0 Å². The van der Waals surface area contributed by atoms with E-state index in [1.165, 1.54) is 6.92 Å². The number of hydrogen-bond donors (Lipinski definition) is 4. The first-order valence-electron chi connectivity index (χ1n) is 4.36. The fraction of sp³-hybridized carbons (Fsp3) is 0.750. The minimum Gasteiger partial charge on any atom is -0.481 e. The van der Waals surface area contributed by atoms with E-state index in [2.05, 4.69) is 5.32 Å². The van der Waals surface area contributed by atoms with E-state index in [1.807, 2.05) is 0 Å². The van der Waals surface area contributed by atoms with Gasteiger partial charge in [-0.1, -0.05) is 0 Å². The van der Waals surface area contributed by atoms with Crippen LogP contribution in [-0.4, -0.2) is 43.0 Å². The first-order valence-corrected chi connectivity index (χ1v) is 4.36. The molecule has 0 aromatic heterocycles. The zero-order valence-electron chi connectivity index (χ0n) is 8.45. The molecule has 0 amide bonds. The quantitative estimate of drug-likeness (QED) is 0.311. The predicted octanol–water partition coefficient (Wildman–Crippen LogP) is -1.46. The molecule has 0 bridgehead atoms. The molecule has 84 valence electrons. The highest BCUT2D eigenvalue weighted by Crippen LogP contribution is 1.77. The molecule has 0 radical (unpaired) electrons. The van der Waals surface area contributed by atoms with Gasteiger partial charge in [0.05, 0.1) is 0 Å². The van der Waals surface area contributed by atoms with Crippen LogP contribution in [0.15, 0.2) is 0 Å². The molecule has 0 aromatic rings. The highest BCUT2D eigenvalue weighted by Gasteiger charge is 1.98. The van der Waals surface area contributed by atoms with Crippen molar-refractivity contribution in [1.29, 1.82) is 0 Å². The Balaban J connectivity index is 0. The number of nitrogens with one attached hydrogen (secondary N) is 1. The van der Waals surface area contributed by atoms with E-state index < -0.39 is 5.97 Å². The summed E-state index contributed by atoms with van der Waals surface area (Å²) in [6.45, 7) is 4.38. The summed E-state index contributed by atoms with van der Waals surface area (Å²) in [6.07, 6.45) is -0.361. The number of ketones is 1. The van der Waals surface area contributed by atoms with E-state index in [4.69, 9.17) is 16.6 Å². The molecule has 0 fully saturated rings. The number of aliphatic carboxylic acids is 1. The number of Topliss-reactive ketones (excluding diaryl/α,β-unsaturated/α-hetero) is 1. The molecule has 0 saturated heterocycles. The van der Waals surface area contributed by atoms with Crippen LogP contribution >= 0.6 is 0 Å². The standard InChI is InChI=1S/C4H13N3.C4H6O3/c5-1-3-7-4-2-6;1-3(5)2-4(6)7/h7H,1-6H2;2H2,1H3,(H,6,7). The Hall–Kier alpha value is -0.980. The molecule has 6 heteroatoms. The van der Waals surface area contributed by atoms with Gasteiger partial charge in [0, 0.05) is 26.2 Å². The predicted molar refractivity (Wildman–Crippen MR) is 53.9 cm³/mol. The van der Waals surface area contributed by atoms with Gasteiger partial charge < -0.3 is 21.9 Å². The average Bonchev–Trinajstić information content (AvgIpc) is 2.04. The maximum Gasteiger partial charge on any atom is 0.310 e. The van der Waals surface area contributed by atoms with E-state index in [-0.39, 0.29) is 12.2 Å². The molecular formula is C8H19N3O3. The van der Waals surface area contributed by atoms with Crippen LogP contribution in [-0.2, 0) is 9.59 Å². The van der Waals surface area contributed by atoms with E-state index in [1.54, 1.807) is 0 Å². The second-order valence-corrected chi connectivity index (χ2v) is 2.60. The Labute approximate surface area is 83.6 Å². The lowest BCUT2D eigenvalue weighted by molar-refractivity contribution is -0.139. The maximum absolute atomic E-state index is 9.87. The molecule has 6 nitrogen and oxygen atoms in total. The van der Waals surface area contributed by atoms with Crippen molar-refractivity contribution >= 4 is 11.8 Å². The molecule has 0 aromatic carbocycles. The van der Waals surface area contributed by atoms with Crippen LogP contribution in [0.1, 0.15) is 13.3 Å². The van der Waals surface area contributed by atoms with Crippen LogP contribution in [0.25, 0.3) is 0 Å². The minimum absolute atomic E-state index is 0.312. The molecular weight excluding hydrogens is 186 g/mol. The van der Waals surface area contributed by atoms with Crippen molar-refractivity contribution in [3.8, 4) is 0 Å². The Morgan fingerprint density at radius 3 is 1.79 bits per heavy atom. The van der Waals surface area contributed by atoms with Crippen LogP contribution in [0, 0.1) is 0 Å². The lowest BCUT2D eigenvalue weighted by atomic mass is 10.3. The molecule has 14 heavy (non-hydrogen) atoms. The third-order valence-electron chi connectivity index (χ3n) is 1.04. The summed E-state index contributed by atoms with van der Waals surface area (Å²) in [6, 6.07) is 0. The van der Waals surface area contributed by atoms with Gasteiger partial charge in [-0.15, -0.1) is 0 Å². The summed E-state index contributed by atoms with van der Waals surface area (Å²) < 4.78 is 0. The molecule has 0 spiro atoms. The fourth-order valence-corrected chi connectivity index (χ4v) is 0.542. The summed E-state index contributed by atoms with van der Waals surface area (Å²) in [5.41, 5.74) is 10.3. The summed E-state index contributed by atoms with van der Waals surface area (Å²) in [4.78, 5) is 19.5. The summed E-state index contributed by atoms with van der Waals surface area (Å²) in [7, 11) is 0. The summed E-state index contributed by atoms with van der Waals surface area (Å²) in [5.74, 6) is -1.37. The van der Waals surface area contributed by atoms with Crippen LogP contribution in [0.2, 0.25) is 0 Å². The number of carbonyl (C=O) groups is 2. The van der Waals surface area contributed by atoms with Crippen molar-refractivity contribution in [2.24, 2.45) is 11.5 Å². The highest BCUT2D eigenvalue weighted by atomic mass is 16.4. The van der Waals surface area contributed by atoms with Gasteiger partial charge in [0.2, 0.25) is 0 Å². The number of carboxylic acid groups (broad SMARTS) is 1. The lowest BCUT2D eigenvalue weighted by Gasteiger charge is -1.95. The lowest BCUT2D eigenvalue weighted by Crippen LogP contribution is -2.27. The van der Waals surface area contributed by atoms with E-state index in [0.29, 0.717) is 13.1 Å². The van der Waals surface area contributed by atoms with Crippen molar-refractivity contribution in [3.63, 3.8) is 0 Å². The molecule has 0 atom stereocenters. The summed E-state index contributed by atoms with van der Waals surface area (Å²) in [5, 5.41) is 10.9. The van der Waals surface area contributed by atoms with Gasteiger partial charge in [-0.3, -0.25) is 9.59 Å². The number of hydrogen-bond acceptors (Lipinski definition) is 5. The van der Waals surface area contributed by atoms with Crippen molar-refractivity contribution in [1.82, 2.24) is 5.32 Å². The molecule has 0 unspecified atom stereocenters. The van der Waals surface area contributed by atoms with Gasteiger partial charge in [-0.25, -0.2) is 0 Å². The zero-order valence-corrected chi connectivity index (χ0v) is 8.45. The monoisotopic (exact) mass is 205 g/mol. The number of carbonyl (C=O) groups excluding carboxylic acids is 1. The Morgan fingerprint density at radius 2 is 1.64 bits per heavy atom.